The van der Waals surface area contributed by atoms with Crippen molar-refractivity contribution in [2.45, 2.75) is 17.0 Å². The van der Waals surface area contributed by atoms with Crippen molar-refractivity contribution in [1.29, 1.82) is 0 Å². The van der Waals surface area contributed by atoms with Gasteiger partial charge in [-0.25, -0.2) is 4.98 Å². The van der Waals surface area contributed by atoms with Crippen LogP contribution in [0.1, 0.15) is 11.1 Å². The van der Waals surface area contributed by atoms with Crippen molar-refractivity contribution < 1.29 is 5.21 Å². The van der Waals surface area contributed by atoms with Crippen LogP contribution < -0.4 is 5.73 Å². The number of amidine groups is 1. The first-order chi connectivity index (χ1) is 8.61. The van der Waals surface area contributed by atoms with E-state index in [4.69, 9.17) is 10.9 Å². The molecule has 2 aromatic rings. The van der Waals surface area contributed by atoms with Gasteiger partial charge in [-0.05, 0) is 19.1 Å². The van der Waals surface area contributed by atoms with E-state index in [1.54, 1.807) is 6.20 Å². The number of nitrogens with zero attached hydrogens (tertiary/aromatic N) is 3. The van der Waals surface area contributed by atoms with Gasteiger partial charge in [0.25, 0.3) is 0 Å². The Bertz CT molecular complexity index is 592. The molecule has 0 aliphatic rings. The van der Waals surface area contributed by atoms with Crippen molar-refractivity contribution >= 4 is 17.6 Å². The molecule has 0 atom stereocenters. The highest BCUT2D eigenvalue weighted by Gasteiger charge is 2.11. The first-order valence-electron chi connectivity index (χ1n) is 5.35. The third-order valence-electron chi connectivity index (χ3n) is 2.50. The molecule has 0 fully saturated rings. The standard InChI is InChI=1S/C12H14N4OS/c1-8-3-4-10(9(7-8)11(13)15-17)18-12-14-5-6-16(12)2/h3-7,17H,1-2H3,(H2,13,15). The second kappa shape index (κ2) is 5.14. The van der Waals surface area contributed by atoms with E-state index < -0.39 is 0 Å². The number of benzene rings is 1. The Morgan fingerprint density at radius 3 is 2.89 bits per heavy atom. The maximum absolute atomic E-state index is 8.82. The fourth-order valence-corrected chi connectivity index (χ4v) is 2.46. The Morgan fingerprint density at radius 2 is 2.28 bits per heavy atom. The molecule has 0 radical (unpaired) electrons. The third-order valence-corrected chi connectivity index (χ3v) is 3.65. The zero-order chi connectivity index (χ0) is 13.1. The summed E-state index contributed by atoms with van der Waals surface area (Å²) in [5.41, 5.74) is 7.46. The van der Waals surface area contributed by atoms with Crippen molar-refractivity contribution in [3.8, 4) is 0 Å². The lowest BCUT2D eigenvalue weighted by Crippen LogP contribution is -2.14. The fraction of sp³-hybridized carbons (Fsp3) is 0.167. The van der Waals surface area contributed by atoms with Crippen LogP contribution in [0.4, 0.5) is 0 Å². The Balaban J connectivity index is 2.42. The molecule has 0 bridgehead atoms. The van der Waals surface area contributed by atoms with Crippen molar-refractivity contribution in [1.82, 2.24) is 9.55 Å². The van der Waals surface area contributed by atoms with Gasteiger partial charge in [-0.1, -0.05) is 28.5 Å². The lowest BCUT2D eigenvalue weighted by molar-refractivity contribution is 0.318. The van der Waals surface area contributed by atoms with Crippen LogP contribution in [-0.2, 0) is 7.05 Å². The predicted molar refractivity (Wildman–Crippen MR) is 71.0 cm³/mol. The molecule has 5 nitrogen and oxygen atoms in total. The van der Waals surface area contributed by atoms with Crippen LogP contribution in [0.25, 0.3) is 0 Å². The second-order valence-corrected chi connectivity index (χ2v) is 4.92. The normalized spacial score (nSPS) is 11.8. The third kappa shape index (κ3) is 2.48. The summed E-state index contributed by atoms with van der Waals surface area (Å²) in [6.07, 6.45) is 3.61. The summed E-state index contributed by atoms with van der Waals surface area (Å²) in [6.45, 7) is 1.96. The summed E-state index contributed by atoms with van der Waals surface area (Å²) in [5, 5.41) is 12.7. The quantitative estimate of drug-likeness (QED) is 0.384. The number of imidazole rings is 1. The van der Waals surface area contributed by atoms with Crippen LogP contribution in [-0.4, -0.2) is 20.6 Å². The molecular weight excluding hydrogens is 248 g/mol. The van der Waals surface area contributed by atoms with E-state index in [0.717, 1.165) is 15.6 Å². The number of rotatable bonds is 3. The van der Waals surface area contributed by atoms with Gasteiger partial charge in [0.2, 0.25) is 0 Å². The van der Waals surface area contributed by atoms with Gasteiger partial charge in [-0.15, -0.1) is 0 Å². The minimum atomic E-state index is 0.107. The smallest absolute Gasteiger partial charge is 0.172 e. The molecule has 0 saturated heterocycles. The van der Waals surface area contributed by atoms with E-state index >= 15 is 0 Å². The molecule has 0 amide bonds. The van der Waals surface area contributed by atoms with Crippen LogP contribution in [0.5, 0.6) is 0 Å². The van der Waals surface area contributed by atoms with E-state index in [1.165, 1.54) is 11.8 Å². The Hall–Kier alpha value is -1.95. The molecule has 0 unspecified atom stereocenters. The molecular formula is C12H14N4OS. The van der Waals surface area contributed by atoms with Gasteiger partial charge in [-0.2, -0.15) is 0 Å². The topological polar surface area (TPSA) is 76.4 Å². The van der Waals surface area contributed by atoms with Crippen LogP contribution in [0.15, 0.2) is 45.8 Å². The monoisotopic (exact) mass is 262 g/mol. The first-order valence-corrected chi connectivity index (χ1v) is 6.17. The summed E-state index contributed by atoms with van der Waals surface area (Å²) in [5.74, 6) is 0.107. The van der Waals surface area contributed by atoms with Crippen LogP contribution >= 0.6 is 11.8 Å². The molecule has 6 heteroatoms. The van der Waals surface area contributed by atoms with Gasteiger partial charge in [0.05, 0.1) is 0 Å². The Kier molecular flexibility index (Phi) is 3.57. The van der Waals surface area contributed by atoms with Crippen molar-refractivity contribution in [2.75, 3.05) is 0 Å². The van der Waals surface area contributed by atoms with E-state index in [2.05, 4.69) is 10.1 Å². The number of oxime groups is 1. The van der Waals surface area contributed by atoms with Crippen LogP contribution in [0.2, 0.25) is 0 Å². The average Bonchev–Trinajstić information content (AvgIpc) is 2.76. The minimum absolute atomic E-state index is 0.107. The van der Waals surface area contributed by atoms with E-state index in [0.29, 0.717) is 5.56 Å². The summed E-state index contributed by atoms with van der Waals surface area (Å²) >= 11 is 1.48. The maximum atomic E-state index is 8.82. The molecule has 0 aliphatic heterocycles. The summed E-state index contributed by atoms with van der Waals surface area (Å²) in [4.78, 5) is 5.15. The molecule has 0 saturated carbocycles. The molecule has 1 aromatic carbocycles. The lowest BCUT2D eigenvalue weighted by Gasteiger charge is -2.08. The highest BCUT2D eigenvalue weighted by atomic mass is 32.2. The molecule has 0 aliphatic carbocycles. The summed E-state index contributed by atoms with van der Waals surface area (Å²) < 4.78 is 1.92. The highest BCUT2D eigenvalue weighted by Crippen LogP contribution is 2.29. The van der Waals surface area contributed by atoms with Gasteiger partial charge >= 0.3 is 0 Å². The number of hydrogen-bond acceptors (Lipinski definition) is 4. The largest absolute Gasteiger partial charge is 0.409 e. The van der Waals surface area contributed by atoms with Crippen LogP contribution in [0.3, 0.4) is 0 Å². The second-order valence-electron chi connectivity index (χ2n) is 3.91. The summed E-state index contributed by atoms with van der Waals surface area (Å²) in [6, 6.07) is 5.82. The number of aryl methyl sites for hydroxylation is 2. The molecule has 2 rings (SSSR count). The zero-order valence-electron chi connectivity index (χ0n) is 10.2. The van der Waals surface area contributed by atoms with E-state index in [9.17, 15) is 0 Å². The zero-order valence-corrected chi connectivity index (χ0v) is 11.0. The number of nitrogens with two attached hydrogens (primary N) is 1. The summed E-state index contributed by atoms with van der Waals surface area (Å²) in [7, 11) is 1.92. The van der Waals surface area contributed by atoms with Gasteiger partial charge in [0, 0.05) is 29.9 Å². The molecule has 1 aromatic heterocycles. The first kappa shape index (κ1) is 12.5. The highest BCUT2D eigenvalue weighted by molar-refractivity contribution is 7.99. The predicted octanol–water partition coefficient (Wildman–Crippen LogP) is 1.97. The minimum Gasteiger partial charge on any atom is -0.409 e. The fourth-order valence-electron chi connectivity index (χ4n) is 1.54. The van der Waals surface area contributed by atoms with Crippen molar-refractivity contribution in [3.63, 3.8) is 0 Å². The van der Waals surface area contributed by atoms with Crippen molar-refractivity contribution in [3.05, 3.63) is 41.7 Å². The average molecular weight is 262 g/mol. The van der Waals surface area contributed by atoms with Gasteiger partial charge in [0.15, 0.2) is 11.0 Å². The molecule has 0 spiro atoms. The van der Waals surface area contributed by atoms with Gasteiger partial charge < -0.3 is 15.5 Å². The van der Waals surface area contributed by atoms with Crippen molar-refractivity contribution in [2.24, 2.45) is 17.9 Å². The van der Waals surface area contributed by atoms with E-state index in [-0.39, 0.29) is 5.84 Å². The molecule has 94 valence electrons. The van der Waals surface area contributed by atoms with Gasteiger partial charge in [-0.3, -0.25) is 0 Å². The molecule has 18 heavy (non-hydrogen) atoms. The molecule has 1 heterocycles. The SMILES string of the molecule is Cc1ccc(Sc2nccn2C)c(/C(N)=N/O)c1. The molecule has 3 N–H and O–H groups in total. The number of hydrogen-bond donors (Lipinski definition) is 2. The lowest BCUT2D eigenvalue weighted by atomic mass is 10.1. The maximum Gasteiger partial charge on any atom is 0.172 e. The Morgan fingerprint density at radius 1 is 1.50 bits per heavy atom. The number of aromatic nitrogens is 2. The van der Waals surface area contributed by atoms with Crippen LogP contribution in [0, 0.1) is 6.92 Å². The van der Waals surface area contributed by atoms with Gasteiger partial charge in [0.1, 0.15) is 0 Å². The Labute approximate surface area is 109 Å². The van der Waals surface area contributed by atoms with E-state index in [1.807, 2.05) is 42.9 Å².